The summed E-state index contributed by atoms with van der Waals surface area (Å²) in [7, 11) is 0. The Kier molecular flexibility index (Phi) is 3.62. The SMILES string of the molecule is C=C(CC)NC(=O)c1cc(N2CC(O)C2)ccn1. The standard InChI is InChI=1S/C13H17N3O2/c1-3-9(2)15-13(18)12-6-10(4-5-14-12)16-7-11(17)8-16/h4-6,11,17H,2-3,7-8H2,1H3,(H,15,18). The number of amides is 1. The molecule has 0 spiro atoms. The van der Waals surface area contributed by atoms with Crippen LogP contribution in [0, 0.1) is 0 Å². The van der Waals surface area contributed by atoms with Crippen LogP contribution in [-0.4, -0.2) is 35.2 Å². The fraction of sp³-hybridized carbons (Fsp3) is 0.385. The van der Waals surface area contributed by atoms with Gasteiger partial charge >= 0.3 is 0 Å². The van der Waals surface area contributed by atoms with Gasteiger partial charge in [0.2, 0.25) is 0 Å². The molecule has 96 valence electrons. The number of allylic oxidation sites excluding steroid dienone is 1. The summed E-state index contributed by atoms with van der Waals surface area (Å²) in [4.78, 5) is 17.9. The smallest absolute Gasteiger partial charge is 0.274 e. The van der Waals surface area contributed by atoms with Crippen molar-refractivity contribution in [3.63, 3.8) is 0 Å². The molecule has 0 saturated carbocycles. The molecule has 0 aliphatic carbocycles. The van der Waals surface area contributed by atoms with Gasteiger partial charge in [-0.3, -0.25) is 9.78 Å². The number of hydrogen-bond donors (Lipinski definition) is 2. The van der Waals surface area contributed by atoms with Gasteiger partial charge in [0.25, 0.3) is 5.91 Å². The topological polar surface area (TPSA) is 65.5 Å². The Balaban J connectivity index is 2.07. The number of β-amino-alcohol motifs (C(OH)–C–C–N with tert-alkyl or cyclic N) is 1. The Morgan fingerprint density at radius 1 is 1.67 bits per heavy atom. The average Bonchev–Trinajstić information content (AvgIpc) is 2.35. The van der Waals surface area contributed by atoms with Crippen LogP contribution in [0.15, 0.2) is 30.6 Å². The Morgan fingerprint density at radius 2 is 2.39 bits per heavy atom. The normalized spacial score (nSPS) is 15.1. The van der Waals surface area contributed by atoms with Crippen LogP contribution in [0.25, 0.3) is 0 Å². The lowest BCUT2D eigenvalue weighted by Crippen LogP contribution is -2.50. The van der Waals surface area contributed by atoms with E-state index in [-0.39, 0.29) is 12.0 Å². The maximum absolute atomic E-state index is 11.9. The van der Waals surface area contributed by atoms with E-state index < -0.39 is 0 Å². The number of hydrogen-bond acceptors (Lipinski definition) is 4. The summed E-state index contributed by atoms with van der Waals surface area (Å²) in [6.07, 6.45) is 2.03. The van der Waals surface area contributed by atoms with Crippen molar-refractivity contribution in [1.82, 2.24) is 10.3 Å². The van der Waals surface area contributed by atoms with Gasteiger partial charge in [0.1, 0.15) is 5.69 Å². The first-order valence-corrected chi connectivity index (χ1v) is 5.98. The van der Waals surface area contributed by atoms with Gasteiger partial charge in [0.05, 0.1) is 6.10 Å². The fourth-order valence-electron chi connectivity index (χ4n) is 1.72. The molecular weight excluding hydrogens is 230 g/mol. The molecule has 1 aromatic rings. The van der Waals surface area contributed by atoms with Gasteiger partial charge in [-0.05, 0) is 18.6 Å². The third-order valence-corrected chi connectivity index (χ3v) is 2.92. The molecule has 5 heteroatoms. The first-order chi connectivity index (χ1) is 8.60. The van der Waals surface area contributed by atoms with Crippen LogP contribution in [0.2, 0.25) is 0 Å². The molecule has 2 N–H and O–H groups in total. The summed E-state index contributed by atoms with van der Waals surface area (Å²) in [5, 5.41) is 12.0. The summed E-state index contributed by atoms with van der Waals surface area (Å²) in [6, 6.07) is 3.56. The molecule has 5 nitrogen and oxygen atoms in total. The average molecular weight is 247 g/mol. The molecule has 18 heavy (non-hydrogen) atoms. The number of aliphatic hydroxyl groups excluding tert-OH is 1. The minimum absolute atomic E-state index is 0.246. The second-order valence-corrected chi connectivity index (χ2v) is 4.37. The maximum Gasteiger partial charge on any atom is 0.274 e. The van der Waals surface area contributed by atoms with Gasteiger partial charge in [-0.15, -0.1) is 0 Å². The molecule has 2 rings (SSSR count). The van der Waals surface area contributed by atoms with Crippen molar-refractivity contribution < 1.29 is 9.90 Å². The molecular formula is C13H17N3O2. The highest BCUT2D eigenvalue weighted by atomic mass is 16.3. The van der Waals surface area contributed by atoms with Crippen molar-refractivity contribution in [1.29, 1.82) is 0 Å². The summed E-state index contributed by atoms with van der Waals surface area (Å²) >= 11 is 0. The van der Waals surface area contributed by atoms with E-state index in [4.69, 9.17) is 0 Å². The molecule has 0 atom stereocenters. The lowest BCUT2D eigenvalue weighted by Gasteiger charge is -2.37. The lowest BCUT2D eigenvalue weighted by atomic mass is 10.1. The van der Waals surface area contributed by atoms with Gasteiger partial charge in [-0.25, -0.2) is 0 Å². The molecule has 1 fully saturated rings. The minimum Gasteiger partial charge on any atom is -0.389 e. The quantitative estimate of drug-likeness (QED) is 0.830. The molecule has 1 aliphatic heterocycles. The molecule has 0 unspecified atom stereocenters. The third-order valence-electron chi connectivity index (χ3n) is 2.92. The van der Waals surface area contributed by atoms with Crippen molar-refractivity contribution in [2.45, 2.75) is 19.4 Å². The Labute approximate surface area is 106 Å². The van der Waals surface area contributed by atoms with Crippen LogP contribution in [-0.2, 0) is 0 Å². The number of carbonyl (C=O) groups is 1. The van der Waals surface area contributed by atoms with E-state index in [1.165, 1.54) is 0 Å². The van der Waals surface area contributed by atoms with E-state index in [1.54, 1.807) is 12.3 Å². The van der Waals surface area contributed by atoms with Crippen LogP contribution >= 0.6 is 0 Å². The van der Waals surface area contributed by atoms with E-state index in [9.17, 15) is 9.90 Å². The Hall–Kier alpha value is -1.88. The Morgan fingerprint density at radius 3 is 3.00 bits per heavy atom. The number of aromatic nitrogens is 1. The maximum atomic E-state index is 11.9. The molecule has 1 saturated heterocycles. The zero-order chi connectivity index (χ0) is 13.1. The number of nitrogens with zero attached hydrogens (tertiary/aromatic N) is 2. The summed E-state index contributed by atoms with van der Waals surface area (Å²) in [6.45, 7) is 6.86. The van der Waals surface area contributed by atoms with Crippen LogP contribution in [0.3, 0.4) is 0 Å². The highest BCUT2D eigenvalue weighted by Crippen LogP contribution is 2.20. The molecule has 1 aromatic heterocycles. The predicted octanol–water partition coefficient (Wildman–Crippen LogP) is 0.916. The molecule has 1 aliphatic rings. The van der Waals surface area contributed by atoms with Gasteiger partial charge in [0.15, 0.2) is 0 Å². The van der Waals surface area contributed by atoms with E-state index in [0.717, 1.165) is 5.69 Å². The monoisotopic (exact) mass is 247 g/mol. The second kappa shape index (κ2) is 5.18. The van der Waals surface area contributed by atoms with Gasteiger partial charge in [-0.2, -0.15) is 0 Å². The minimum atomic E-state index is -0.268. The fourth-order valence-corrected chi connectivity index (χ4v) is 1.72. The van der Waals surface area contributed by atoms with Crippen LogP contribution in [0.1, 0.15) is 23.8 Å². The second-order valence-electron chi connectivity index (χ2n) is 4.37. The molecule has 0 aromatic carbocycles. The van der Waals surface area contributed by atoms with Gasteiger partial charge < -0.3 is 15.3 Å². The van der Waals surface area contributed by atoms with Crippen LogP contribution in [0.5, 0.6) is 0 Å². The van der Waals surface area contributed by atoms with Crippen molar-refractivity contribution in [2.75, 3.05) is 18.0 Å². The summed E-state index contributed by atoms with van der Waals surface area (Å²) in [5.41, 5.74) is 1.94. The number of carbonyl (C=O) groups excluding carboxylic acids is 1. The van der Waals surface area contributed by atoms with Crippen molar-refractivity contribution in [3.8, 4) is 0 Å². The lowest BCUT2D eigenvalue weighted by molar-refractivity contribution is 0.0960. The van der Waals surface area contributed by atoms with E-state index in [0.29, 0.717) is 30.9 Å². The molecule has 0 bridgehead atoms. The van der Waals surface area contributed by atoms with E-state index >= 15 is 0 Å². The van der Waals surface area contributed by atoms with E-state index in [1.807, 2.05) is 17.9 Å². The molecule has 2 heterocycles. The zero-order valence-electron chi connectivity index (χ0n) is 10.4. The number of anilines is 1. The number of nitrogens with one attached hydrogen (secondary N) is 1. The first-order valence-electron chi connectivity index (χ1n) is 5.98. The van der Waals surface area contributed by atoms with Crippen molar-refractivity contribution in [3.05, 3.63) is 36.3 Å². The van der Waals surface area contributed by atoms with Crippen molar-refractivity contribution in [2.24, 2.45) is 0 Å². The highest BCUT2D eigenvalue weighted by molar-refractivity contribution is 5.94. The predicted molar refractivity (Wildman–Crippen MR) is 69.4 cm³/mol. The van der Waals surface area contributed by atoms with Gasteiger partial charge in [0, 0.05) is 30.7 Å². The van der Waals surface area contributed by atoms with Crippen LogP contribution in [0.4, 0.5) is 5.69 Å². The third kappa shape index (κ3) is 2.68. The Bertz CT molecular complexity index is 467. The summed E-state index contributed by atoms with van der Waals surface area (Å²) < 4.78 is 0. The zero-order valence-corrected chi connectivity index (χ0v) is 10.4. The van der Waals surface area contributed by atoms with Gasteiger partial charge in [-0.1, -0.05) is 13.5 Å². The highest BCUT2D eigenvalue weighted by Gasteiger charge is 2.25. The van der Waals surface area contributed by atoms with E-state index in [2.05, 4.69) is 16.9 Å². The largest absolute Gasteiger partial charge is 0.389 e. The van der Waals surface area contributed by atoms with Crippen molar-refractivity contribution >= 4 is 11.6 Å². The molecule has 1 amide bonds. The number of aliphatic hydroxyl groups is 1. The number of rotatable bonds is 4. The molecule has 0 radical (unpaired) electrons. The number of pyridine rings is 1. The van der Waals surface area contributed by atoms with Crippen LogP contribution < -0.4 is 10.2 Å². The first kappa shape index (κ1) is 12.6. The summed E-state index contributed by atoms with van der Waals surface area (Å²) in [5.74, 6) is -0.246.